The minimum atomic E-state index is -3.66. The van der Waals surface area contributed by atoms with E-state index >= 15 is 0 Å². The molecule has 0 aliphatic carbocycles. The summed E-state index contributed by atoms with van der Waals surface area (Å²) in [5.74, 6) is 0.365. The normalized spacial score (nSPS) is 15.9. The van der Waals surface area contributed by atoms with Crippen molar-refractivity contribution < 1.29 is 17.6 Å². The van der Waals surface area contributed by atoms with E-state index in [4.69, 9.17) is 4.42 Å². The maximum Gasteiger partial charge on any atom is 0.240 e. The van der Waals surface area contributed by atoms with Crippen molar-refractivity contribution in [3.63, 3.8) is 0 Å². The molecule has 0 saturated heterocycles. The maximum absolute atomic E-state index is 12.3. The van der Waals surface area contributed by atoms with Gasteiger partial charge in [-0.05, 0) is 41.8 Å². The Hall–Kier alpha value is -2.56. The molecule has 1 aromatic carbocycles. The summed E-state index contributed by atoms with van der Waals surface area (Å²) >= 11 is 1.53. The molecule has 0 unspecified atom stereocenters. The Balaban J connectivity index is 1.34. The van der Waals surface area contributed by atoms with Gasteiger partial charge in [0.2, 0.25) is 15.9 Å². The highest BCUT2D eigenvalue weighted by atomic mass is 32.2. The van der Waals surface area contributed by atoms with E-state index in [1.807, 2.05) is 10.3 Å². The van der Waals surface area contributed by atoms with Crippen LogP contribution in [-0.2, 0) is 21.4 Å². The van der Waals surface area contributed by atoms with Gasteiger partial charge in [-0.2, -0.15) is 0 Å². The average molecular weight is 419 g/mol. The zero-order valence-electron chi connectivity index (χ0n) is 14.8. The van der Waals surface area contributed by atoms with Crippen LogP contribution < -0.4 is 10.0 Å². The highest BCUT2D eigenvalue weighted by Crippen LogP contribution is 2.31. The Morgan fingerprint density at radius 3 is 2.82 bits per heavy atom. The van der Waals surface area contributed by atoms with Crippen LogP contribution in [0.2, 0.25) is 0 Å². The number of amidine groups is 1. The maximum atomic E-state index is 12.3. The second-order valence-electron chi connectivity index (χ2n) is 6.20. The monoisotopic (exact) mass is 418 g/mol. The van der Waals surface area contributed by atoms with E-state index in [9.17, 15) is 13.2 Å². The molecule has 0 radical (unpaired) electrons. The highest BCUT2D eigenvalue weighted by Gasteiger charge is 2.27. The number of benzene rings is 1. The Morgan fingerprint density at radius 1 is 1.25 bits per heavy atom. The summed E-state index contributed by atoms with van der Waals surface area (Å²) in [7, 11) is -3.66. The molecule has 2 aliphatic rings. The third kappa shape index (κ3) is 4.13. The van der Waals surface area contributed by atoms with Gasteiger partial charge < -0.3 is 14.6 Å². The van der Waals surface area contributed by atoms with Gasteiger partial charge in [-0.3, -0.25) is 9.79 Å². The number of anilines is 1. The first-order chi connectivity index (χ1) is 13.5. The summed E-state index contributed by atoms with van der Waals surface area (Å²) in [5.41, 5.74) is 1.47. The van der Waals surface area contributed by atoms with Crippen LogP contribution >= 0.6 is 11.8 Å². The van der Waals surface area contributed by atoms with Gasteiger partial charge in [0.1, 0.15) is 5.76 Å². The predicted molar refractivity (Wildman–Crippen MR) is 107 cm³/mol. The molecule has 0 spiro atoms. The lowest BCUT2D eigenvalue weighted by atomic mass is 10.2. The number of fused-ring (bicyclic) bond motifs is 1. The van der Waals surface area contributed by atoms with Crippen molar-refractivity contribution in [3.05, 3.63) is 59.5 Å². The molecule has 4 rings (SSSR count). The first-order valence-corrected chi connectivity index (χ1v) is 11.0. The quantitative estimate of drug-likeness (QED) is 0.715. The molecule has 3 heterocycles. The van der Waals surface area contributed by atoms with Crippen molar-refractivity contribution >= 4 is 38.5 Å². The zero-order valence-corrected chi connectivity index (χ0v) is 16.4. The van der Waals surface area contributed by atoms with Gasteiger partial charge in [-0.15, -0.1) is 0 Å². The molecule has 0 saturated carbocycles. The number of thioether (sulfide) groups is 1. The van der Waals surface area contributed by atoms with Crippen molar-refractivity contribution in [2.24, 2.45) is 4.99 Å². The molecule has 1 amide bonds. The molecule has 0 bridgehead atoms. The van der Waals surface area contributed by atoms with Gasteiger partial charge >= 0.3 is 0 Å². The third-order valence-corrected chi connectivity index (χ3v) is 6.62. The van der Waals surface area contributed by atoms with Crippen LogP contribution in [0.25, 0.3) is 0 Å². The number of sulfonamides is 1. The lowest BCUT2D eigenvalue weighted by Crippen LogP contribution is -2.24. The van der Waals surface area contributed by atoms with Gasteiger partial charge in [0.25, 0.3) is 0 Å². The molecular weight excluding hydrogens is 400 g/mol. The molecular formula is C18H18N4O4S2. The Morgan fingerprint density at radius 2 is 2.07 bits per heavy atom. The molecule has 10 heteroatoms. The largest absolute Gasteiger partial charge is 0.468 e. The second kappa shape index (κ2) is 7.82. The molecule has 0 atom stereocenters. The fourth-order valence-electron chi connectivity index (χ4n) is 2.87. The van der Waals surface area contributed by atoms with Gasteiger partial charge in [-0.1, -0.05) is 11.8 Å². The molecule has 0 fully saturated rings. The first-order valence-electron chi connectivity index (χ1n) is 8.61. The summed E-state index contributed by atoms with van der Waals surface area (Å²) in [6.07, 6.45) is 1.73. The van der Waals surface area contributed by atoms with Crippen molar-refractivity contribution in [2.45, 2.75) is 17.9 Å². The predicted octanol–water partition coefficient (Wildman–Crippen LogP) is 2.35. The number of amides is 1. The number of carbonyl (C=O) groups excluding carboxylic acids is 1. The van der Waals surface area contributed by atoms with Gasteiger partial charge in [0.15, 0.2) is 5.17 Å². The summed E-state index contributed by atoms with van der Waals surface area (Å²) < 4.78 is 32.2. The smallest absolute Gasteiger partial charge is 0.240 e. The van der Waals surface area contributed by atoms with Crippen molar-refractivity contribution in [2.75, 3.05) is 18.4 Å². The SMILES string of the molecule is O=C(CC1=CSC2=NCCN12)Nc1ccc(S(=O)(=O)NCc2ccco2)cc1. The summed E-state index contributed by atoms with van der Waals surface area (Å²) in [6, 6.07) is 9.43. The number of furan rings is 1. The molecule has 146 valence electrons. The summed E-state index contributed by atoms with van der Waals surface area (Å²) in [4.78, 5) is 18.8. The number of nitrogens with zero attached hydrogens (tertiary/aromatic N) is 2. The second-order valence-corrected chi connectivity index (χ2v) is 8.80. The number of rotatable bonds is 7. The molecule has 2 aromatic rings. The van der Waals surface area contributed by atoms with E-state index in [-0.39, 0.29) is 23.8 Å². The van der Waals surface area contributed by atoms with Crippen molar-refractivity contribution in [3.8, 4) is 0 Å². The van der Waals surface area contributed by atoms with Crippen LogP contribution in [0.3, 0.4) is 0 Å². The average Bonchev–Trinajstić information content (AvgIpc) is 3.41. The van der Waals surface area contributed by atoms with Crippen LogP contribution in [0.15, 0.2) is 68.1 Å². The standard InChI is InChI=1S/C18H18N4O4S2/c23-17(10-14-12-27-18-19-7-8-22(14)18)21-13-3-5-16(6-4-13)28(24,25)20-11-15-2-1-9-26-15/h1-6,9,12,20H,7-8,10-11H2,(H,21,23). The first kappa shape index (κ1) is 18.8. The Labute approximate surface area is 166 Å². The number of aliphatic imine (C=N–C) groups is 1. The van der Waals surface area contributed by atoms with Crippen LogP contribution in [0, 0.1) is 0 Å². The third-order valence-electron chi connectivity index (χ3n) is 4.26. The number of hydrogen-bond acceptors (Lipinski definition) is 7. The summed E-state index contributed by atoms with van der Waals surface area (Å²) in [5, 5.41) is 5.68. The van der Waals surface area contributed by atoms with E-state index in [2.05, 4.69) is 15.0 Å². The highest BCUT2D eigenvalue weighted by molar-refractivity contribution is 8.16. The number of carbonyl (C=O) groups is 1. The van der Waals surface area contributed by atoms with Crippen LogP contribution in [-0.4, -0.2) is 37.5 Å². The minimum Gasteiger partial charge on any atom is -0.468 e. The van der Waals surface area contributed by atoms with Gasteiger partial charge in [-0.25, -0.2) is 13.1 Å². The van der Waals surface area contributed by atoms with Crippen molar-refractivity contribution in [1.82, 2.24) is 9.62 Å². The van der Waals surface area contributed by atoms with E-state index in [1.165, 1.54) is 30.2 Å². The van der Waals surface area contributed by atoms with E-state index in [0.29, 0.717) is 11.4 Å². The Bertz CT molecular complexity index is 1030. The fraction of sp³-hybridized carbons (Fsp3) is 0.222. The van der Waals surface area contributed by atoms with E-state index < -0.39 is 10.0 Å². The van der Waals surface area contributed by atoms with Crippen molar-refractivity contribution in [1.29, 1.82) is 0 Å². The van der Waals surface area contributed by atoms with Crippen LogP contribution in [0.4, 0.5) is 5.69 Å². The lowest BCUT2D eigenvalue weighted by Gasteiger charge is -2.16. The van der Waals surface area contributed by atoms with Gasteiger partial charge in [0.05, 0.1) is 30.7 Å². The van der Waals surface area contributed by atoms with E-state index in [0.717, 1.165) is 24.0 Å². The number of nitrogens with one attached hydrogen (secondary N) is 2. The lowest BCUT2D eigenvalue weighted by molar-refractivity contribution is -0.115. The molecule has 28 heavy (non-hydrogen) atoms. The van der Waals surface area contributed by atoms with E-state index in [1.54, 1.807) is 24.3 Å². The molecule has 8 nitrogen and oxygen atoms in total. The van der Waals surface area contributed by atoms with Gasteiger partial charge in [0, 0.05) is 17.9 Å². The number of hydrogen-bond donors (Lipinski definition) is 2. The Kier molecular flexibility index (Phi) is 5.25. The van der Waals surface area contributed by atoms with Crippen LogP contribution in [0.5, 0.6) is 0 Å². The molecule has 2 aliphatic heterocycles. The molecule has 1 aromatic heterocycles. The van der Waals surface area contributed by atoms with Crippen LogP contribution in [0.1, 0.15) is 12.2 Å². The topological polar surface area (TPSA) is 104 Å². The minimum absolute atomic E-state index is 0.0722. The zero-order chi connectivity index (χ0) is 19.6. The molecule has 2 N–H and O–H groups in total. The fourth-order valence-corrected chi connectivity index (χ4v) is 4.81. The summed E-state index contributed by atoms with van der Waals surface area (Å²) in [6.45, 7) is 1.63.